The normalized spacial score (nSPS) is 14.1. The zero-order valence-electron chi connectivity index (χ0n) is 58.3. The van der Waals surface area contributed by atoms with Gasteiger partial charge in [-0.15, -0.1) is 0 Å². The third kappa shape index (κ3) is 64.8. The summed E-state index contributed by atoms with van der Waals surface area (Å²) in [7, 11) is -9.90. The highest BCUT2D eigenvalue weighted by atomic mass is 31.2. The van der Waals surface area contributed by atoms with Crippen LogP contribution in [-0.4, -0.2) is 96.7 Å². The monoisotopic (exact) mass is 1320 g/mol. The second-order valence-corrected chi connectivity index (χ2v) is 29.0. The highest BCUT2D eigenvalue weighted by Gasteiger charge is 2.30. The Balaban J connectivity index is 5.20. The average Bonchev–Trinajstić information content (AvgIpc) is 3.72. The second-order valence-electron chi connectivity index (χ2n) is 26.1. The van der Waals surface area contributed by atoms with Gasteiger partial charge in [-0.1, -0.05) is 317 Å². The first-order valence-electron chi connectivity index (χ1n) is 37.1. The van der Waals surface area contributed by atoms with E-state index in [0.29, 0.717) is 25.7 Å². The van der Waals surface area contributed by atoms with Crippen molar-refractivity contribution >= 4 is 39.5 Å². The lowest BCUT2D eigenvalue weighted by molar-refractivity contribution is -0.161. The summed E-state index contributed by atoms with van der Waals surface area (Å²) in [6, 6.07) is 0. The Morgan fingerprint density at radius 2 is 0.511 bits per heavy atom. The van der Waals surface area contributed by atoms with Crippen molar-refractivity contribution in [3.63, 3.8) is 0 Å². The van der Waals surface area contributed by atoms with E-state index < -0.39 is 97.5 Å². The van der Waals surface area contributed by atoms with Crippen LogP contribution in [-0.2, 0) is 65.4 Å². The van der Waals surface area contributed by atoms with E-state index in [1.54, 1.807) is 0 Å². The lowest BCUT2D eigenvalue weighted by Gasteiger charge is -2.21. The number of esters is 4. The third-order valence-corrected chi connectivity index (χ3v) is 18.4. The van der Waals surface area contributed by atoms with Gasteiger partial charge in [0.05, 0.1) is 26.4 Å². The Bertz CT molecular complexity index is 1740. The number of aliphatic hydroxyl groups is 1. The van der Waals surface area contributed by atoms with Crippen molar-refractivity contribution in [3.8, 4) is 0 Å². The highest BCUT2D eigenvalue weighted by molar-refractivity contribution is 7.47. The molecule has 5 atom stereocenters. The van der Waals surface area contributed by atoms with E-state index in [1.165, 1.54) is 186 Å². The summed E-state index contributed by atoms with van der Waals surface area (Å²) < 4.78 is 68.2. The molecule has 0 aromatic rings. The molecule has 90 heavy (non-hydrogen) atoms. The summed E-state index contributed by atoms with van der Waals surface area (Å²) in [6.45, 7) is 7.22. The third-order valence-electron chi connectivity index (χ3n) is 16.5. The molecule has 0 aromatic heterocycles. The fraction of sp³-hybridized carbons (Fsp3) is 0.944. The van der Waals surface area contributed by atoms with Crippen molar-refractivity contribution in [2.24, 2.45) is 5.92 Å². The number of phosphoric ester groups is 2. The molecule has 0 aromatic carbocycles. The molecule has 0 fully saturated rings. The van der Waals surface area contributed by atoms with Crippen molar-refractivity contribution in [2.45, 2.75) is 387 Å². The number of hydrogen-bond donors (Lipinski definition) is 3. The molecule has 0 bridgehead atoms. The SMILES string of the molecule is CCCCCCCCCCCCCCCCCCCCC(=O)O[C@H](COC(=O)CCCCCCCCCCCCC(C)C)COP(=O)(O)OC[C@@H](O)COP(=O)(O)OC[C@@H](COC(=O)CCCCCCCCCC)OC(=O)CCCCCCCCCCCCC. The minimum Gasteiger partial charge on any atom is -0.462 e. The van der Waals surface area contributed by atoms with Crippen LogP contribution in [0.3, 0.4) is 0 Å². The molecule has 0 saturated heterocycles. The number of phosphoric acid groups is 2. The molecule has 0 aliphatic rings. The molecule has 0 aliphatic heterocycles. The molecule has 2 unspecified atom stereocenters. The average molecular weight is 1330 g/mol. The van der Waals surface area contributed by atoms with E-state index in [4.69, 9.17) is 37.0 Å². The Morgan fingerprint density at radius 3 is 0.756 bits per heavy atom. The van der Waals surface area contributed by atoms with Gasteiger partial charge in [-0.25, -0.2) is 9.13 Å². The number of rotatable bonds is 71. The highest BCUT2D eigenvalue weighted by Crippen LogP contribution is 2.45. The smallest absolute Gasteiger partial charge is 0.462 e. The van der Waals surface area contributed by atoms with E-state index in [0.717, 1.165) is 102 Å². The van der Waals surface area contributed by atoms with E-state index in [-0.39, 0.29) is 25.7 Å². The molecule has 3 N–H and O–H groups in total. The molecule has 534 valence electrons. The Kier molecular flexibility index (Phi) is 63.0. The van der Waals surface area contributed by atoms with Gasteiger partial charge in [-0.05, 0) is 31.6 Å². The maximum absolute atomic E-state index is 13.0. The zero-order valence-corrected chi connectivity index (χ0v) is 60.1. The maximum Gasteiger partial charge on any atom is 0.472 e. The maximum atomic E-state index is 13.0. The quantitative estimate of drug-likeness (QED) is 0.0222. The Morgan fingerprint density at radius 1 is 0.300 bits per heavy atom. The molecule has 19 heteroatoms. The van der Waals surface area contributed by atoms with Crippen LogP contribution >= 0.6 is 15.6 Å². The fourth-order valence-corrected chi connectivity index (χ4v) is 12.4. The van der Waals surface area contributed by atoms with Gasteiger partial charge >= 0.3 is 39.5 Å². The topological polar surface area (TPSA) is 237 Å². The Labute approximate surface area is 549 Å². The van der Waals surface area contributed by atoms with Crippen molar-refractivity contribution in [3.05, 3.63) is 0 Å². The molecule has 0 rings (SSSR count). The molecule has 0 heterocycles. The molecule has 0 saturated carbocycles. The molecule has 0 amide bonds. The van der Waals surface area contributed by atoms with Gasteiger partial charge in [0, 0.05) is 25.7 Å². The predicted octanol–water partition coefficient (Wildman–Crippen LogP) is 20.5. The number of hydrogen-bond acceptors (Lipinski definition) is 15. The van der Waals surface area contributed by atoms with Crippen LogP contribution in [0.1, 0.15) is 369 Å². The summed E-state index contributed by atoms with van der Waals surface area (Å²) in [5.41, 5.74) is 0. The summed E-state index contributed by atoms with van der Waals surface area (Å²) in [6.07, 6.45) is 51.3. The van der Waals surface area contributed by atoms with Gasteiger partial charge in [-0.2, -0.15) is 0 Å². The van der Waals surface area contributed by atoms with Gasteiger partial charge in [-0.3, -0.25) is 37.3 Å². The molecule has 17 nitrogen and oxygen atoms in total. The second kappa shape index (κ2) is 64.4. The van der Waals surface area contributed by atoms with Gasteiger partial charge in [0.15, 0.2) is 12.2 Å². The summed E-state index contributed by atoms with van der Waals surface area (Å²) in [5.74, 6) is -1.36. The summed E-state index contributed by atoms with van der Waals surface area (Å²) in [4.78, 5) is 72.5. The Hall–Kier alpha value is -1.94. The van der Waals surface area contributed by atoms with Gasteiger partial charge in [0.2, 0.25) is 0 Å². The van der Waals surface area contributed by atoms with Crippen LogP contribution in [0.25, 0.3) is 0 Å². The number of aliphatic hydroxyl groups excluding tert-OH is 1. The van der Waals surface area contributed by atoms with Crippen LogP contribution < -0.4 is 0 Å². The lowest BCUT2D eigenvalue weighted by atomic mass is 10.0. The first-order chi connectivity index (χ1) is 43.5. The standard InChI is InChI=1S/C71H138O17P2/c1-6-9-12-15-18-21-23-24-25-26-27-28-29-31-37-42-47-52-57-71(76)88-67(61-82-69(74)55-50-45-40-35-33-32-34-38-43-48-53-64(4)5)63-86-90(79,80)84-59-65(72)58-83-89(77,78)85-62-66(60-81-68(73)54-49-44-39-20-17-14-11-8-3)87-70(75)56-51-46-41-36-30-22-19-16-13-10-7-2/h64-67,72H,6-63H2,1-5H3,(H,77,78)(H,79,80)/t65-,66+,67+/m0/s1. The van der Waals surface area contributed by atoms with Crippen molar-refractivity contribution in [1.29, 1.82) is 0 Å². The molecular formula is C71H138O17P2. The zero-order chi connectivity index (χ0) is 66.3. The number of ether oxygens (including phenoxy) is 4. The summed E-state index contributed by atoms with van der Waals surface area (Å²) >= 11 is 0. The van der Waals surface area contributed by atoms with Gasteiger partial charge in [0.1, 0.15) is 19.3 Å². The molecule has 0 aliphatic carbocycles. The fourth-order valence-electron chi connectivity index (χ4n) is 10.8. The van der Waals surface area contributed by atoms with Crippen molar-refractivity contribution < 1.29 is 80.2 Å². The molecular weight excluding hydrogens is 1190 g/mol. The van der Waals surface area contributed by atoms with E-state index in [9.17, 15) is 43.2 Å². The van der Waals surface area contributed by atoms with E-state index >= 15 is 0 Å². The number of carbonyl (C=O) groups is 4. The minimum atomic E-state index is -4.95. The molecule has 0 radical (unpaired) electrons. The van der Waals surface area contributed by atoms with Crippen molar-refractivity contribution in [1.82, 2.24) is 0 Å². The van der Waals surface area contributed by atoms with Crippen LogP contribution in [0.5, 0.6) is 0 Å². The predicted molar refractivity (Wildman–Crippen MR) is 363 cm³/mol. The van der Waals surface area contributed by atoms with Gasteiger partial charge < -0.3 is 33.8 Å². The molecule has 0 spiro atoms. The van der Waals surface area contributed by atoms with E-state index in [2.05, 4.69) is 34.6 Å². The van der Waals surface area contributed by atoms with Crippen LogP contribution in [0.2, 0.25) is 0 Å². The first kappa shape index (κ1) is 88.1. The summed E-state index contributed by atoms with van der Waals surface area (Å²) in [5, 5.41) is 10.6. The van der Waals surface area contributed by atoms with Crippen LogP contribution in [0.15, 0.2) is 0 Å². The first-order valence-corrected chi connectivity index (χ1v) is 40.1. The number of carbonyl (C=O) groups excluding carboxylic acids is 4. The largest absolute Gasteiger partial charge is 0.472 e. The van der Waals surface area contributed by atoms with Crippen molar-refractivity contribution in [2.75, 3.05) is 39.6 Å². The lowest BCUT2D eigenvalue weighted by Crippen LogP contribution is -2.30. The minimum absolute atomic E-state index is 0.107. The van der Waals surface area contributed by atoms with E-state index in [1.807, 2.05) is 0 Å². The van der Waals surface area contributed by atoms with Gasteiger partial charge in [0.25, 0.3) is 0 Å². The number of unbranched alkanes of at least 4 members (excludes halogenated alkanes) is 43. The van der Waals surface area contributed by atoms with Crippen LogP contribution in [0, 0.1) is 5.92 Å². The van der Waals surface area contributed by atoms with Crippen LogP contribution in [0.4, 0.5) is 0 Å².